The van der Waals surface area contributed by atoms with E-state index in [1.165, 1.54) is 0 Å². The number of benzene rings is 1. The lowest BCUT2D eigenvalue weighted by atomic mass is 9.99. The van der Waals surface area contributed by atoms with Crippen molar-refractivity contribution in [1.82, 2.24) is 0 Å². The molecule has 1 aromatic carbocycles. The van der Waals surface area contributed by atoms with Crippen LogP contribution >= 0.6 is 0 Å². The first-order chi connectivity index (χ1) is 6.25. The van der Waals surface area contributed by atoms with Crippen LogP contribution in [0.15, 0.2) is 36.4 Å². The molecule has 2 heteroatoms. The van der Waals surface area contributed by atoms with E-state index in [0.717, 1.165) is 5.56 Å². The molecule has 0 amide bonds. The second-order valence-electron chi connectivity index (χ2n) is 3.23. The van der Waals surface area contributed by atoms with Crippen LogP contribution in [0.5, 0.6) is 5.75 Å². The number of carbonyl (C=O) groups is 1. The first-order valence-electron chi connectivity index (χ1n) is 4.25. The molecule has 1 N–H and O–H groups in total. The predicted octanol–water partition coefficient (Wildman–Crippen LogP) is 2.00. The molecule has 1 aliphatic carbocycles. The molecule has 2 rings (SSSR count). The van der Waals surface area contributed by atoms with E-state index in [4.69, 9.17) is 5.11 Å². The van der Waals surface area contributed by atoms with Crippen LogP contribution < -0.4 is 0 Å². The maximum Gasteiger partial charge on any atom is 0.156 e. The van der Waals surface area contributed by atoms with Crippen molar-refractivity contribution in [3.63, 3.8) is 0 Å². The topological polar surface area (TPSA) is 37.3 Å². The normalized spacial score (nSPS) is 20.9. The summed E-state index contributed by atoms with van der Waals surface area (Å²) in [6, 6.07) is 6.99. The molecule has 0 aromatic heterocycles. The van der Waals surface area contributed by atoms with Gasteiger partial charge in [0.25, 0.3) is 0 Å². The molecule has 0 fully saturated rings. The van der Waals surface area contributed by atoms with E-state index >= 15 is 0 Å². The van der Waals surface area contributed by atoms with E-state index in [1.54, 1.807) is 18.2 Å². The average Bonchev–Trinajstić information content (AvgIpc) is 2.53. The van der Waals surface area contributed by atoms with Crippen molar-refractivity contribution in [1.29, 1.82) is 0 Å². The van der Waals surface area contributed by atoms with Crippen molar-refractivity contribution in [3.8, 4) is 5.75 Å². The number of hydrogen-bond acceptors (Lipinski definition) is 2. The van der Waals surface area contributed by atoms with Gasteiger partial charge in [-0.1, -0.05) is 18.2 Å². The van der Waals surface area contributed by atoms with Gasteiger partial charge < -0.3 is 5.11 Å². The highest BCUT2D eigenvalue weighted by molar-refractivity contribution is 5.93. The minimum Gasteiger partial charge on any atom is -0.508 e. The first-order valence-corrected chi connectivity index (χ1v) is 4.25. The Hall–Kier alpha value is -1.57. The van der Waals surface area contributed by atoms with Crippen LogP contribution in [0.2, 0.25) is 0 Å². The van der Waals surface area contributed by atoms with Gasteiger partial charge in [-0.2, -0.15) is 0 Å². The van der Waals surface area contributed by atoms with Crippen LogP contribution in [-0.4, -0.2) is 10.9 Å². The third-order valence-electron chi connectivity index (χ3n) is 2.26. The number of hydrogen-bond donors (Lipinski definition) is 1. The van der Waals surface area contributed by atoms with Crippen molar-refractivity contribution in [3.05, 3.63) is 42.0 Å². The third kappa shape index (κ3) is 1.61. The van der Waals surface area contributed by atoms with Gasteiger partial charge in [-0.25, -0.2) is 0 Å². The van der Waals surface area contributed by atoms with Crippen molar-refractivity contribution in [2.45, 2.75) is 12.3 Å². The molecule has 1 atom stereocenters. The van der Waals surface area contributed by atoms with Crippen molar-refractivity contribution >= 4 is 5.78 Å². The Morgan fingerprint density at radius 3 is 2.46 bits per heavy atom. The van der Waals surface area contributed by atoms with Gasteiger partial charge in [0.2, 0.25) is 0 Å². The summed E-state index contributed by atoms with van der Waals surface area (Å²) in [4.78, 5) is 11.0. The average molecular weight is 174 g/mol. The Kier molecular flexibility index (Phi) is 1.89. The van der Waals surface area contributed by atoms with Gasteiger partial charge in [-0.3, -0.25) is 4.79 Å². The van der Waals surface area contributed by atoms with Crippen molar-refractivity contribution in [2.24, 2.45) is 0 Å². The van der Waals surface area contributed by atoms with Crippen LogP contribution in [0.4, 0.5) is 0 Å². The molecule has 0 bridgehead atoms. The van der Waals surface area contributed by atoms with E-state index in [2.05, 4.69) is 0 Å². The SMILES string of the molecule is O=C1C=C[C@H](c2ccc(O)cc2)C1. The summed E-state index contributed by atoms with van der Waals surface area (Å²) >= 11 is 0. The Balaban J connectivity index is 2.22. The van der Waals surface area contributed by atoms with Gasteiger partial charge >= 0.3 is 0 Å². The highest BCUT2D eigenvalue weighted by Gasteiger charge is 2.17. The van der Waals surface area contributed by atoms with Crippen LogP contribution in [0.3, 0.4) is 0 Å². The molecule has 1 aliphatic rings. The number of carbonyl (C=O) groups excluding carboxylic acids is 1. The molecule has 0 heterocycles. The Labute approximate surface area is 76.5 Å². The smallest absolute Gasteiger partial charge is 0.156 e. The molecule has 0 saturated carbocycles. The van der Waals surface area contributed by atoms with Gasteiger partial charge in [0.05, 0.1) is 0 Å². The standard InChI is InChI=1S/C11H10O2/c12-10-4-1-8(2-5-10)9-3-6-11(13)7-9/h1-6,9,12H,7H2/t9-/m0/s1. The molecule has 0 saturated heterocycles. The van der Waals surface area contributed by atoms with Crippen LogP contribution in [0.1, 0.15) is 17.9 Å². The largest absolute Gasteiger partial charge is 0.508 e. The van der Waals surface area contributed by atoms with E-state index < -0.39 is 0 Å². The summed E-state index contributed by atoms with van der Waals surface area (Å²) < 4.78 is 0. The summed E-state index contributed by atoms with van der Waals surface area (Å²) in [5.41, 5.74) is 1.08. The zero-order chi connectivity index (χ0) is 9.26. The number of phenolic OH excluding ortho intramolecular Hbond substituents is 1. The quantitative estimate of drug-likeness (QED) is 0.707. The lowest BCUT2D eigenvalue weighted by molar-refractivity contribution is -0.114. The molecule has 0 radical (unpaired) electrons. The fourth-order valence-electron chi connectivity index (χ4n) is 1.53. The minimum atomic E-state index is 0.179. The van der Waals surface area contributed by atoms with Crippen LogP contribution in [-0.2, 0) is 4.79 Å². The highest BCUT2D eigenvalue weighted by atomic mass is 16.3. The lowest BCUT2D eigenvalue weighted by Gasteiger charge is -2.06. The molecule has 0 aliphatic heterocycles. The van der Waals surface area contributed by atoms with Gasteiger partial charge in [0, 0.05) is 12.3 Å². The van der Waals surface area contributed by atoms with Gasteiger partial charge in [-0.05, 0) is 23.8 Å². The molecule has 1 aromatic rings. The summed E-state index contributed by atoms with van der Waals surface area (Å²) in [5, 5.41) is 9.07. The number of rotatable bonds is 1. The summed E-state index contributed by atoms with van der Waals surface area (Å²) in [6.45, 7) is 0. The molecule has 66 valence electrons. The van der Waals surface area contributed by atoms with E-state index in [1.807, 2.05) is 18.2 Å². The molecule has 0 spiro atoms. The second kappa shape index (κ2) is 3.05. The van der Waals surface area contributed by atoms with Gasteiger partial charge in [0.15, 0.2) is 5.78 Å². The Bertz CT molecular complexity index is 349. The summed E-state index contributed by atoms with van der Waals surface area (Å²) in [7, 11) is 0. The van der Waals surface area contributed by atoms with E-state index in [0.29, 0.717) is 6.42 Å². The fraction of sp³-hybridized carbons (Fsp3) is 0.182. The Morgan fingerprint density at radius 2 is 1.92 bits per heavy atom. The molecular weight excluding hydrogens is 164 g/mol. The number of allylic oxidation sites excluding steroid dienone is 2. The van der Waals surface area contributed by atoms with Gasteiger partial charge in [0.1, 0.15) is 5.75 Å². The summed E-state index contributed by atoms with van der Waals surface area (Å²) in [5.74, 6) is 0.642. The second-order valence-corrected chi connectivity index (χ2v) is 3.23. The third-order valence-corrected chi connectivity index (χ3v) is 2.26. The van der Waals surface area contributed by atoms with E-state index in [9.17, 15) is 4.79 Å². The maximum atomic E-state index is 11.0. The summed E-state index contributed by atoms with van der Waals surface area (Å²) in [6.07, 6.45) is 4.09. The fourth-order valence-corrected chi connectivity index (χ4v) is 1.53. The molecule has 13 heavy (non-hydrogen) atoms. The van der Waals surface area contributed by atoms with Crippen molar-refractivity contribution < 1.29 is 9.90 Å². The van der Waals surface area contributed by atoms with Gasteiger partial charge in [-0.15, -0.1) is 0 Å². The highest BCUT2D eigenvalue weighted by Crippen LogP contribution is 2.27. The maximum absolute atomic E-state index is 11.0. The van der Waals surface area contributed by atoms with E-state index in [-0.39, 0.29) is 17.5 Å². The zero-order valence-corrected chi connectivity index (χ0v) is 7.10. The lowest BCUT2D eigenvalue weighted by Crippen LogP contribution is -1.94. The molecular formula is C11H10O2. The molecule has 2 nitrogen and oxygen atoms in total. The van der Waals surface area contributed by atoms with Crippen LogP contribution in [0.25, 0.3) is 0 Å². The number of ketones is 1. The first kappa shape index (κ1) is 8.05. The zero-order valence-electron chi connectivity index (χ0n) is 7.10. The monoisotopic (exact) mass is 174 g/mol. The molecule has 0 unspecified atom stereocenters. The minimum absolute atomic E-state index is 0.179. The van der Waals surface area contributed by atoms with Crippen molar-refractivity contribution in [2.75, 3.05) is 0 Å². The predicted molar refractivity (Wildman–Crippen MR) is 49.6 cm³/mol. The number of phenols is 1. The number of aromatic hydroxyl groups is 1. The Morgan fingerprint density at radius 1 is 1.23 bits per heavy atom. The van der Waals surface area contributed by atoms with Crippen LogP contribution in [0, 0.1) is 0 Å².